The first kappa shape index (κ1) is 20.2. The maximum atomic E-state index is 12.6. The molecule has 0 aliphatic heterocycles. The molecule has 0 aliphatic rings. The monoisotopic (exact) mass is 419 g/mol. The molecule has 0 saturated carbocycles. The second-order valence-corrected chi connectivity index (χ2v) is 7.46. The Bertz CT molecular complexity index is 1240. The van der Waals surface area contributed by atoms with Crippen molar-refractivity contribution in [2.45, 2.75) is 19.4 Å². The zero-order valence-corrected chi connectivity index (χ0v) is 17.3. The lowest BCUT2D eigenvalue weighted by molar-refractivity contribution is -0.137. The zero-order valence-electron chi connectivity index (χ0n) is 17.3. The summed E-state index contributed by atoms with van der Waals surface area (Å²) in [7, 11) is 1.51. The summed E-state index contributed by atoms with van der Waals surface area (Å²) >= 11 is 0. The van der Waals surface area contributed by atoms with E-state index in [-0.39, 0.29) is 0 Å². The van der Waals surface area contributed by atoms with Gasteiger partial charge in [-0.25, -0.2) is 4.98 Å². The molecule has 0 atom stereocenters. The Labute approximate surface area is 178 Å². The Balaban J connectivity index is 1.49. The number of oxazole rings is 1. The topological polar surface area (TPSA) is 107 Å². The van der Waals surface area contributed by atoms with E-state index in [1.54, 1.807) is 30.7 Å². The standard InChI is InChI=1S/C23H21N3O5/c1-23(2,17-12-30-18-7-5-4-6-15(17)18)26-22(28)21(27)25-14-8-9-16(19(10-14)29-3)20-11-24-13-31-20/h4-13H,1-3H3,(H,25,27)(H,26,28). The molecule has 0 unspecified atom stereocenters. The number of para-hydroxylation sites is 1. The number of methoxy groups -OCH3 is 1. The predicted octanol–water partition coefficient (Wildman–Crippen LogP) is 4.09. The molecule has 2 heterocycles. The van der Waals surface area contributed by atoms with E-state index in [9.17, 15) is 9.59 Å². The van der Waals surface area contributed by atoms with Crippen LogP contribution >= 0.6 is 0 Å². The lowest BCUT2D eigenvalue weighted by Crippen LogP contribution is -2.46. The molecule has 0 aliphatic carbocycles. The Morgan fingerprint density at radius 1 is 1.06 bits per heavy atom. The molecular weight excluding hydrogens is 398 g/mol. The number of fused-ring (bicyclic) bond motifs is 1. The van der Waals surface area contributed by atoms with Gasteiger partial charge in [0.15, 0.2) is 12.2 Å². The smallest absolute Gasteiger partial charge is 0.313 e. The number of carbonyl (C=O) groups excluding carboxylic acids is 2. The number of nitrogens with zero attached hydrogens (tertiary/aromatic N) is 1. The molecule has 4 rings (SSSR count). The summed E-state index contributed by atoms with van der Waals surface area (Å²) < 4.78 is 16.2. The first-order chi connectivity index (χ1) is 14.9. The summed E-state index contributed by atoms with van der Waals surface area (Å²) in [5.41, 5.74) is 1.75. The highest BCUT2D eigenvalue weighted by atomic mass is 16.5. The molecule has 2 aromatic heterocycles. The number of amides is 2. The quantitative estimate of drug-likeness (QED) is 0.472. The van der Waals surface area contributed by atoms with E-state index in [1.165, 1.54) is 13.5 Å². The first-order valence-electron chi connectivity index (χ1n) is 9.56. The molecule has 8 nitrogen and oxygen atoms in total. The van der Waals surface area contributed by atoms with Crippen LogP contribution in [0.15, 0.2) is 70.2 Å². The molecule has 2 amide bonds. The van der Waals surface area contributed by atoms with Gasteiger partial charge in [-0.1, -0.05) is 18.2 Å². The van der Waals surface area contributed by atoms with Gasteiger partial charge in [-0.05, 0) is 32.0 Å². The fourth-order valence-corrected chi connectivity index (χ4v) is 3.38. The van der Waals surface area contributed by atoms with Gasteiger partial charge in [-0.3, -0.25) is 9.59 Å². The third kappa shape index (κ3) is 4.00. The molecule has 0 saturated heterocycles. The van der Waals surface area contributed by atoms with Crippen molar-refractivity contribution in [3.05, 3.63) is 66.9 Å². The first-order valence-corrected chi connectivity index (χ1v) is 9.56. The Morgan fingerprint density at radius 2 is 1.87 bits per heavy atom. The highest BCUT2D eigenvalue weighted by Gasteiger charge is 2.29. The predicted molar refractivity (Wildman–Crippen MR) is 115 cm³/mol. The summed E-state index contributed by atoms with van der Waals surface area (Å²) in [4.78, 5) is 29.0. The molecule has 158 valence electrons. The van der Waals surface area contributed by atoms with Gasteiger partial charge < -0.3 is 24.2 Å². The van der Waals surface area contributed by atoms with Crippen LogP contribution in [-0.4, -0.2) is 23.9 Å². The number of benzene rings is 2. The molecule has 4 aromatic rings. The maximum absolute atomic E-state index is 12.6. The van der Waals surface area contributed by atoms with Crippen LogP contribution < -0.4 is 15.4 Å². The van der Waals surface area contributed by atoms with Gasteiger partial charge in [0.1, 0.15) is 11.3 Å². The molecule has 0 fully saturated rings. The SMILES string of the molecule is COc1cc(NC(=O)C(=O)NC(C)(C)c2coc3ccccc23)ccc1-c1cnco1. The maximum Gasteiger partial charge on any atom is 0.313 e. The van der Waals surface area contributed by atoms with Gasteiger partial charge in [0.05, 0.1) is 30.7 Å². The molecule has 2 aromatic carbocycles. The highest BCUT2D eigenvalue weighted by Crippen LogP contribution is 2.32. The largest absolute Gasteiger partial charge is 0.496 e. The number of nitrogens with one attached hydrogen (secondary N) is 2. The number of aromatic nitrogens is 1. The highest BCUT2D eigenvalue weighted by molar-refractivity contribution is 6.39. The second kappa shape index (κ2) is 7.98. The van der Waals surface area contributed by atoms with Crippen LogP contribution in [0, 0.1) is 0 Å². The second-order valence-electron chi connectivity index (χ2n) is 7.46. The number of hydrogen-bond acceptors (Lipinski definition) is 6. The number of hydrogen-bond donors (Lipinski definition) is 2. The van der Waals surface area contributed by atoms with Crippen LogP contribution in [-0.2, 0) is 15.1 Å². The fraction of sp³-hybridized carbons (Fsp3) is 0.174. The molecule has 0 bridgehead atoms. The Hall–Kier alpha value is -4.07. The number of anilines is 1. The summed E-state index contributed by atoms with van der Waals surface area (Å²) in [6, 6.07) is 12.5. The molecule has 31 heavy (non-hydrogen) atoms. The molecule has 8 heteroatoms. The fourth-order valence-electron chi connectivity index (χ4n) is 3.38. The summed E-state index contributed by atoms with van der Waals surface area (Å²) in [5.74, 6) is -0.564. The van der Waals surface area contributed by atoms with Crippen LogP contribution in [0.5, 0.6) is 5.75 Å². The molecule has 0 spiro atoms. The van der Waals surface area contributed by atoms with Crippen molar-refractivity contribution in [1.82, 2.24) is 10.3 Å². The van der Waals surface area contributed by atoms with E-state index in [0.29, 0.717) is 28.3 Å². The summed E-state index contributed by atoms with van der Waals surface area (Å²) in [6.45, 7) is 3.62. The van der Waals surface area contributed by atoms with Gasteiger partial charge in [0.25, 0.3) is 0 Å². The lowest BCUT2D eigenvalue weighted by atomic mass is 9.93. The Kier molecular flexibility index (Phi) is 5.21. The van der Waals surface area contributed by atoms with Crippen LogP contribution in [0.1, 0.15) is 19.4 Å². The van der Waals surface area contributed by atoms with Gasteiger partial charge in [0.2, 0.25) is 0 Å². The van der Waals surface area contributed by atoms with E-state index in [4.69, 9.17) is 13.6 Å². The van der Waals surface area contributed by atoms with Gasteiger partial charge in [-0.2, -0.15) is 0 Å². The Morgan fingerprint density at radius 3 is 2.61 bits per heavy atom. The van der Waals surface area contributed by atoms with Crippen molar-refractivity contribution in [1.29, 1.82) is 0 Å². The van der Waals surface area contributed by atoms with Crippen molar-refractivity contribution in [3.8, 4) is 17.1 Å². The van der Waals surface area contributed by atoms with Crippen molar-refractivity contribution in [3.63, 3.8) is 0 Å². The third-order valence-electron chi connectivity index (χ3n) is 4.94. The minimum atomic E-state index is -0.825. The number of rotatable bonds is 5. The van der Waals surface area contributed by atoms with E-state index in [1.807, 2.05) is 38.1 Å². The molecule has 0 radical (unpaired) electrons. The minimum Gasteiger partial charge on any atom is -0.496 e. The minimum absolute atomic E-state index is 0.409. The normalized spacial score (nSPS) is 11.3. The van der Waals surface area contributed by atoms with Crippen LogP contribution in [0.4, 0.5) is 5.69 Å². The van der Waals surface area contributed by atoms with Crippen molar-refractivity contribution >= 4 is 28.5 Å². The van der Waals surface area contributed by atoms with E-state index in [0.717, 1.165) is 10.9 Å². The third-order valence-corrected chi connectivity index (χ3v) is 4.94. The van der Waals surface area contributed by atoms with Crippen molar-refractivity contribution < 1.29 is 23.2 Å². The van der Waals surface area contributed by atoms with Gasteiger partial charge >= 0.3 is 11.8 Å². The average Bonchev–Trinajstić information content (AvgIpc) is 3.43. The van der Waals surface area contributed by atoms with E-state index in [2.05, 4.69) is 15.6 Å². The number of ether oxygens (including phenoxy) is 1. The van der Waals surface area contributed by atoms with Gasteiger partial charge in [0, 0.05) is 22.7 Å². The summed E-state index contributed by atoms with van der Waals surface area (Å²) in [6.07, 6.45) is 4.47. The van der Waals surface area contributed by atoms with Crippen LogP contribution in [0.25, 0.3) is 22.3 Å². The van der Waals surface area contributed by atoms with Crippen molar-refractivity contribution in [2.75, 3.05) is 12.4 Å². The number of carbonyl (C=O) groups is 2. The molecule has 2 N–H and O–H groups in total. The zero-order chi connectivity index (χ0) is 22.0. The van der Waals surface area contributed by atoms with Crippen LogP contribution in [0.3, 0.4) is 0 Å². The van der Waals surface area contributed by atoms with E-state index >= 15 is 0 Å². The van der Waals surface area contributed by atoms with E-state index < -0.39 is 17.4 Å². The van der Waals surface area contributed by atoms with Gasteiger partial charge in [-0.15, -0.1) is 0 Å². The lowest BCUT2D eigenvalue weighted by Gasteiger charge is -2.25. The average molecular weight is 419 g/mol. The summed E-state index contributed by atoms with van der Waals surface area (Å²) in [5, 5.41) is 6.24. The number of furan rings is 1. The molecular formula is C23H21N3O5. The van der Waals surface area contributed by atoms with Crippen LogP contribution in [0.2, 0.25) is 0 Å². The van der Waals surface area contributed by atoms with Crippen molar-refractivity contribution in [2.24, 2.45) is 0 Å².